The van der Waals surface area contributed by atoms with Crippen LogP contribution in [0.1, 0.15) is 26.5 Å². The van der Waals surface area contributed by atoms with Crippen LogP contribution in [0.15, 0.2) is 48.5 Å². The molecule has 2 aromatic heterocycles. The summed E-state index contributed by atoms with van der Waals surface area (Å²) >= 11 is 7.43. The van der Waals surface area contributed by atoms with Gasteiger partial charge in [-0.1, -0.05) is 41.4 Å². The molecule has 0 amide bonds. The largest absolute Gasteiger partial charge is 0.422 e. The van der Waals surface area contributed by atoms with Gasteiger partial charge < -0.3 is 15.4 Å². The molecule has 7 heteroatoms. The molecule has 32 heavy (non-hydrogen) atoms. The molecule has 1 aliphatic heterocycles. The van der Waals surface area contributed by atoms with E-state index in [1.165, 1.54) is 11.3 Å². The van der Waals surface area contributed by atoms with Crippen LogP contribution in [0, 0.1) is 6.92 Å². The van der Waals surface area contributed by atoms with Gasteiger partial charge in [0.1, 0.15) is 15.5 Å². The number of carbonyl (C=O) groups is 1. The van der Waals surface area contributed by atoms with E-state index in [0.29, 0.717) is 21.3 Å². The quantitative estimate of drug-likeness (QED) is 0.311. The molecule has 2 N–H and O–H groups in total. The maximum absolute atomic E-state index is 13.0. The first-order valence-electron chi connectivity index (χ1n) is 10.4. The normalized spacial score (nSPS) is 13.8. The van der Waals surface area contributed by atoms with E-state index in [9.17, 15) is 4.79 Å². The van der Waals surface area contributed by atoms with Crippen LogP contribution in [0.25, 0.3) is 21.3 Å². The Bertz CT molecular complexity index is 1330. The Morgan fingerprint density at radius 2 is 1.88 bits per heavy atom. The maximum atomic E-state index is 13.0. The van der Waals surface area contributed by atoms with Gasteiger partial charge in [0.25, 0.3) is 0 Å². The number of hydrogen-bond acceptors (Lipinski definition) is 6. The minimum Gasteiger partial charge on any atom is -0.422 e. The number of esters is 1. The predicted octanol–water partition coefficient (Wildman–Crippen LogP) is 5.71. The molecule has 4 aromatic rings. The van der Waals surface area contributed by atoms with Gasteiger partial charge >= 0.3 is 5.97 Å². The number of aromatic nitrogens is 1. The second-order valence-electron chi connectivity index (χ2n) is 8.13. The number of likely N-dealkylation sites (N-methyl/N-ethyl adjacent to an activating group) is 1. The minimum absolute atomic E-state index is 0.374. The van der Waals surface area contributed by atoms with Crippen LogP contribution in [-0.2, 0) is 13.0 Å². The number of pyridine rings is 1. The van der Waals surface area contributed by atoms with Gasteiger partial charge in [0.2, 0.25) is 0 Å². The Hall–Kier alpha value is -2.93. The monoisotopic (exact) mass is 463 g/mol. The highest BCUT2D eigenvalue weighted by molar-refractivity contribution is 7.21. The molecule has 2 aromatic carbocycles. The first-order valence-corrected chi connectivity index (χ1v) is 11.6. The summed E-state index contributed by atoms with van der Waals surface area (Å²) in [5.41, 5.74) is 12.3. The number of halogens is 1. The van der Waals surface area contributed by atoms with Gasteiger partial charge in [-0.25, -0.2) is 9.78 Å². The molecule has 0 spiro atoms. The number of carbonyl (C=O) groups excluding carboxylic acids is 1. The predicted molar refractivity (Wildman–Crippen MR) is 131 cm³/mol. The number of benzene rings is 2. The number of nitrogen functional groups attached to an aromatic ring is 1. The molecule has 0 fully saturated rings. The van der Waals surface area contributed by atoms with E-state index in [4.69, 9.17) is 27.1 Å². The lowest BCUT2D eigenvalue weighted by atomic mass is 9.92. The number of anilines is 1. The molecule has 5 rings (SSSR count). The standard InChI is InChI=1S/C25H22ClN3O2S/c1-14-3-9-17(10-4-14)31-25(30)23-22(27)21-20(15-5-7-16(26)8-6-15)18-13-29(2)12-11-19(18)28-24(21)32-23/h3-10H,11-13,27H2,1-2H3. The molecule has 0 aliphatic carbocycles. The number of hydrogen-bond donors (Lipinski definition) is 1. The fourth-order valence-corrected chi connectivity index (χ4v) is 5.23. The topological polar surface area (TPSA) is 68.4 Å². The lowest BCUT2D eigenvalue weighted by Gasteiger charge is -2.27. The van der Waals surface area contributed by atoms with Gasteiger partial charge in [-0.05, 0) is 49.4 Å². The number of nitrogens with zero attached hydrogens (tertiary/aromatic N) is 2. The average molecular weight is 464 g/mol. The maximum Gasteiger partial charge on any atom is 0.355 e. The fourth-order valence-electron chi connectivity index (χ4n) is 4.11. The van der Waals surface area contributed by atoms with E-state index in [0.717, 1.165) is 57.7 Å². The summed E-state index contributed by atoms with van der Waals surface area (Å²) in [4.78, 5) is 21.3. The van der Waals surface area contributed by atoms with Crippen LogP contribution < -0.4 is 10.5 Å². The molecule has 0 atom stereocenters. The Morgan fingerprint density at radius 3 is 2.59 bits per heavy atom. The van der Waals surface area contributed by atoms with Gasteiger partial charge in [-0.15, -0.1) is 11.3 Å². The Balaban J connectivity index is 1.67. The summed E-state index contributed by atoms with van der Waals surface area (Å²) in [5, 5.41) is 1.48. The number of fused-ring (bicyclic) bond motifs is 2. The molecule has 0 radical (unpaired) electrons. The van der Waals surface area contributed by atoms with Crippen LogP contribution >= 0.6 is 22.9 Å². The average Bonchev–Trinajstić information content (AvgIpc) is 3.11. The highest BCUT2D eigenvalue weighted by Gasteiger charge is 2.27. The Kier molecular flexibility index (Phi) is 5.37. The second kappa shape index (κ2) is 8.20. The zero-order valence-corrected chi connectivity index (χ0v) is 19.4. The van der Waals surface area contributed by atoms with Crippen molar-refractivity contribution in [3.63, 3.8) is 0 Å². The summed E-state index contributed by atoms with van der Waals surface area (Å²) in [6, 6.07) is 15.1. The van der Waals surface area contributed by atoms with Gasteiger partial charge in [0.05, 0.1) is 5.69 Å². The molecule has 162 valence electrons. The summed E-state index contributed by atoms with van der Waals surface area (Å²) in [7, 11) is 2.10. The molecule has 0 unspecified atom stereocenters. The van der Waals surface area contributed by atoms with E-state index >= 15 is 0 Å². The summed E-state index contributed by atoms with van der Waals surface area (Å²) in [6.45, 7) is 3.70. The van der Waals surface area contributed by atoms with Gasteiger partial charge in [0, 0.05) is 41.2 Å². The summed E-state index contributed by atoms with van der Waals surface area (Å²) in [6.07, 6.45) is 0.851. The van der Waals surface area contributed by atoms with Crippen molar-refractivity contribution in [1.82, 2.24) is 9.88 Å². The van der Waals surface area contributed by atoms with Crippen LogP contribution in [-0.4, -0.2) is 29.4 Å². The lowest BCUT2D eigenvalue weighted by molar-refractivity contribution is 0.0741. The van der Waals surface area contributed by atoms with E-state index in [1.807, 2.05) is 43.3 Å². The highest BCUT2D eigenvalue weighted by atomic mass is 35.5. The van der Waals surface area contributed by atoms with Crippen LogP contribution in [0.2, 0.25) is 5.02 Å². The van der Waals surface area contributed by atoms with Crippen molar-refractivity contribution in [3.8, 4) is 16.9 Å². The highest BCUT2D eigenvalue weighted by Crippen LogP contribution is 2.43. The number of aryl methyl sites for hydroxylation is 1. The van der Waals surface area contributed by atoms with E-state index in [1.54, 1.807) is 12.1 Å². The number of rotatable bonds is 3. The summed E-state index contributed by atoms with van der Waals surface area (Å²) in [5.74, 6) is 0.0239. The van der Waals surface area contributed by atoms with Crippen molar-refractivity contribution in [2.45, 2.75) is 19.9 Å². The molecule has 0 saturated carbocycles. The molecule has 1 aliphatic rings. The first kappa shape index (κ1) is 20.9. The lowest BCUT2D eigenvalue weighted by Crippen LogP contribution is -2.27. The zero-order valence-electron chi connectivity index (χ0n) is 17.8. The number of thiophene rings is 1. The zero-order chi connectivity index (χ0) is 22.4. The Morgan fingerprint density at radius 1 is 1.16 bits per heavy atom. The SMILES string of the molecule is Cc1ccc(OC(=O)c2sc3nc4c(c(-c5ccc(Cl)cc5)c3c2N)CN(C)CC4)cc1. The van der Waals surface area contributed by atoms with Gasteiger partial charge in [-0.2, -0.15) is 0 Å². The molecule has 5 nitrogen and oxygen atoms in total. The van der Waals surface area contributed by atoms with Crippen molar-refractivity contribution in [3.05, 3.63) is 75.3 Å². The third kappa shape index (κ3) is 3.75. The van der Waals surface area contributed by atoms with Crippen molar-refractivity contribution in [2.75, 3.05) is 19.3 Å². The molecular formula is C25H22ClN3O2S. The van der Waals surface area contributed by atoms with Gasteiger partial charge in [-0.3, -0.25) is 0 Å². The molecule has 0 bridgehead atoms. The Labute approximate surface area is 195 Å². The van der Waals surface area contributed by atoms with E-state index < -0.39 is 5.97 Å². The fraction of sp³-hybridized carbons (Fsp3) is 0.200. The number of ether oxygens (including phenoxy) is 1. The smallest absolute Gasteiger partial charge is 0.355 e. The van der Waals surface area contributed by atoms with Crippen molar-refractivity contribution < 1.29 is 9.53 Å². The van der Waals surface area contributed by atoms with Crippen LogP contribution in [0.3, 0.4) is 0 Å². The second-order valence-corrected chi connectivity index (χ2v) is 9.57. The van der Waals surface area contributed by atoms with Crippen LogP contribution in [0.4, 0.5) is 5.69 Å². The molecule has 3 heterocycles. The van der Waals surface area contributed by atoms with Crippen molar-refractivity contribution >= 4 is 44.8 Å². The first-order chi connectivity index (χ1) is 15.4. The van der Waals surface area contributed by atoms with Crippen molar-refractivity contribution in [2.24, 2.45) is 0 Å². The van der Waals surface area contributed by atoms with Gasteiger partial charge in [0.15, 0.2) is 0 Å². The summed E-state index contributed by atoms with van der Waals surface area (Å²) < 4.78 is 5.61. The number of nitrogens with two attached hydrogens (primary N) is 1. The van der Waals surface area contributed by atoms with Crippen molar-refractivity contribution in [1.29, 1.82) is 0 Å². The van der Waals surface area contributed by atoms with E-state index in [2.05, 4.69) is 11.9 Å². The van der Waals surface area contributed by atoms with E-state index in [-0.39, 0.29) is 0 Å². The minimum atomic E-state index is -0.466. The third-order valence-corrected chi connectivity index (χ3v) is 7.10. The third-order valence-electron chi connectivity index (χ3n) is 5.77. The molecular weight excluding hydrogens is 442 g/mol. The molecule has 0 saturated heterocycles. The van der Waals surface area contributed by atoms with Crippen LogP contribution in [0.5, 0.6) is 5.75 Å².